The summed E-state index contributed by atoms with van der Waals surface area (Å²) in [5.74, 6) is 2.07. The van der Waals surface area contributed by atoms with Gasteiger partial charge in [0.25, 0.3) is 0 Å². The third-order valence-electron chi connectivity index (χ3n) is 5.50. The molecule has 0 unspecified atom stereocenters. The first kappa shape index (κ1) is 18.8. The molecular weight excluding hydrogens is 412 g/mol. The highest BCUT2D eigenvalue weighted by molar-refractivity contribution is 7.25. The Bertz CT molecular complexity index is 1590. The Morgan fingerprint density at radius 1 is 0.594 bits per heavy atom. The highest BCUT2D eigenvalue weighted by Crippen LogP contribution is 2.36. The van der Waals surface area contributed by atoms with E-state index in [0.29, 0.717) is 17.5 Å². The molecule has 0 aliphatic rings. The van der Waals surface area contributed by atoms with Gasteiger partial charge < -0.3 is 0 Å². The quantitative estimate of drug-likeness (QED) is 0.305. The molecule has 4 nitrogen and oxygen atoms in total. The normalized spacial score (nSPS) is 11.3. The van der Waals surface area contributed by atoms with Gasteiger partial charge in [-0.2, -0.15) is 0 Å². The molecular formula is C27H18N4S. The zero-order valence-corrected chi connectivity index (χ0v) is 18.2. The van der Waals surface area contributed by atoms with E-state index in [2.05, 4.69) is 75.6 Å². The number of fused-ring (bicyclic) bond motifs is 3. The highest BCUT2D eigenvalue weighted by atomic mass is 32.1. The van der Waals surface area contributed by atoms with Gasteiger partial charge in [-0.15, -0.1) is 11.3 Å². The molecule has 32 heavy (non-hydrogen) atoms. The minimum Gasteiger partial charge on any atom is -0.264 e. The number of hydrogen-bond donors (Lipinski definition) is 0. The molecule has 0 fully saturated rings. The van der Waals surface area contributed by atoms with E-state index in [4.69, 9.17) is 4.98 Å². The summed E-state index contributed by atoms with van der Waals surface area (Å²) in [5.41, 5.74) is 4.11. The van der Waals surface area contributed by atoms with Crippen LogP contribution >= 0.6 is 11.3 Å². The van der Waals surface area contributed by atoms with Crippen LogP contribution in [0.2, 0.25) is 0 Å². The summed E-state index contributed by atoms with van der Waals surface area (Å²) in [6, 6.07) is 27.2. The molecule has 3 aromatic carbocycles. The highest BCUT2D eigenvalue weighted by Gasteiger charge is 2.12. The van der Waals surface area contributed by atoms with Crippen LogP contribution < -0.4 is 0 Å². The monoisotopic (exact) mass is 430 g/mol. The Morgan fingerprint density at radius 3 is 2.19 bits per heavy atom. The van der Waals surface area contributed by atoms with Crippen molar-refractivity contribution in [2.45, 2.75) is 6.92 Å². The average Bonchev–Trinajstić information content (AvgIpc) is 3.22. The second kappa shape index (κ2) is 7.62. The van der Waals surface area contributed by atoms with Gasteiger partial charge in [0.2, 0.25) is 0 Å². The fraction of sp³-hybridized carbons (Fsp3) is 0.0370. The van der Waals surface area contributed by atoms with Gasteiger partial charge in [-0.05, 0) is 36.8 Å². The van der Waals surface area contributed by atoms with Crippen LogP contribution in [0.3, 0.4) is 0 Å². The molecule has 5 heteroatoms. The molecule has 0 bridgehead atoms. The number of rotatable bonds is 3. The summed E-state index contributed by atoms with van der Waals surface area (Å²) in [6.07, 6.45) is 3.64. The minimum atomic E-state index is 0.676. The van der Waals surface area contributed by atoms with Crippen LogP contribution in [-0.2, 0) is 0 Å². The van der Waals surface area contributed by atoms with Gasteiger partial charge in [-0.3, -0.25) is 4.98 Å². The van der Waals surface area contributed by atoms with Gasteiger partial charge in [0.15, 0.2) is 11.6 Å². The number of aryl methyl sites for hydroxylation is 1. The molecule has 6 rings (SSSR count). The van der Waals surface area contributed by atoms with Crippen LogP contribution in [0, 0.1) is 6.92 Å². The summed E-state index contributed by atoms with van der Waals surface area (Å²) < 4.78 is 2.53. The molecule has 0 aliphatic heterocycles. The lowest BCUT2D eigenvalue weighted by Gasteiger charge is -2.08. The molecule has 3 heterocycles. The maximum Gasteiger partial charge on any atom is 0.163 e. The van der Waals surface area contributed by atoms with E-state index in [9.17, 15) is 0 Å². The third kappa shape index (κ3) is 3.33. The molecule has 3 aromatic heterocycles. The minimum absolute atomic E-state index is 0.676. The van der Waals surface area contributed by atoms with Crippen molar-refractivity contribution in [1.82, 2.24) is 19.9 Å². The molecule has 152 valence electrons. The number of benzene rings is 3. The van der Waals surface area contributed by atoms with Crippen molar-refractivity contribution in [3.05, 3.63) is 97.1 Å². The van der Waals surface area contributed by atoms with E-state index in [1.807, 2.05) is 31.3 Å². The Morgan fingerprint density at radius 2 is 1.34 bits per heavy atom. The number of nitrogens with zero attached hydrogens (tertiary/aromatic N) is 4. The van der Waals surface area contributed by atoms with Crippen molar-refractivity contribution < 1.29 is 0 Å². The predicted octanol–water partition coefficient (Wildman–Crippen LogP) is 6.94. The Hall–Kier alpha value is -3.96. The summed E-state index contributed by atoms with van der Waals surface area (Å²) >= 11 is 1.80. The smallest absolute Gasteiger partial charge is 0.163 e. The number of hydrogen-bond acceptors (Lipinski definition) is 5. The molecule has 0 N–H and O–H groups in total. The van der Waals surface area contributed by atoms with Crippen molar-refractivity contribution in [1.29, 1.82) is 0 Å². The van der Waals surface area contributed by atoms with E-state index < -0.39 is 0 Å². The Kier molecular flexibility index (Phi) is 4.47. The fourth-order valence-corrected chi connectivity index (χ4v) is 5.12. The van der Waals surface area contributed by atoms with Crippen molar-refractivity contribution in [3.63, 3.8) is 0 Å². The number of aromatic nitrogens is 4. The maximum absolute atomic E-state index is 4.84. The first-order valence-corrected chi connectivity index (χ1v) is 11.2. The van der Waals surface area contributed by atoms with Gasteiger partial charge in [-0.25, -0.2) is 15.0 Å². The van der Waals surface area contributed by atoms with Crippen molar-refractivity contribution in [3.8, 4) is 33.9 Å². The van der Waals surface area contributed by atoms with Crippen molar-refractivity contribution in [2.75, 3.05) is 0 Å². The molecule has 0 aliphatic carbocycles. The van der Waals surface area contributed by atoms with E-state index in [1.165, 1.54) is 20.2 Å². The van der Waals surface area contributed by atoms with Crippen LogP contribution in [0.4, 0.5) is 0 Å². The molecule has 6 aromatic rings. The largest absolute Gasteiger partial charge is 0.264 e. The summed E-state index contributed by atoms with van der Waals surface area (Å²) in [4.78, 5) is 18.3. The molecule has 0 radical (unpaired) electrons. The molecule has 0 saturated heterocycles. The van der Waals surface area contributed by atoms with Crippen LogP contribution in [0.5, 0.6) is 0 Å². The van der Waals surface area contributed by atoms with Gasteiger partial charge >= 0.3 is 0 Å². The topological polar surface area (TPSA) is 51.6 Å². The first-order valence-electron chi connectivity index (χ1n) is 10.4. The van der Waals surface area contributed by atoms with Crippen LogP contribution in [0.15, 0.2) is 91.3 Å². The van der Waals surface area contributed by atoms with E-state index in [0.717, 1.165) is 22.3 Å². The Labute approximate surface area is 189 Å². The molecule has 0 atom stereocenters. The lowest BCUT2D eigenvalue weighted by Crippen LogP contribution is -1.99. The first-order chi connectivity index (χ1) is 15.7. The van der Waals surface area contributed by atoms with Gasteiger partial charge in [0, 0.05) is 49.3 Å². The summed E-state index contributed by atoms with van der Waals surface area (Å²) in [7, 11) is 0. The lowest BCUT2D eigenvalue weighted by atomic mass is 10.0. The van der Waals surface area contributed by atoms with Crippen LogP contribution in [0.25, 0.3) is 54.1 Å². The zero-order valence-electron chi connectivity index (χ0n) is 17.4. The zero-order chi connectivity index (χ0) is 21.5. The fourth-order valence-electron chi connectivity index (χ4n) is 3.98. The van der Waals surface area contributed by atoms with Crippen molar-refractivity contribution in [2.24, 2.45) is 0 Å². The number of pyridine rings is 1. The lowest BCUT2D eigenvalue weighted by molar-refractivity contribution is 0.992. The predicted molar refractivity (Wildman–Crippen MR) is 132 cm³/mol. The van der Waals surface area contributed by atoms with E-state index in [1.54, 1.807) is 17.5 Å². The second-order valence-electron chi connectivity index (χ2n) is 7.66. The molecule has 0 spiro atoms. The van der Waals surface area contributed by atoms with Gasteiger partial charge in [0.05, 0.1) is 0 Å². The van der Waals surface area contributed by atoms with E-state index >= 15 is 0 Å². The van der Waals surface area contributed by atoms with Gasteiger partial charge in [-0.1, -0.05) is 54.6 Å². The molecule has 0 saturated carbocycles. The Balaban J connectivity index is 1.45. The average molecular weight is 431 g/mol. The van der Waals surface area contributed by atoms with E-state index in [-0.39, 0.29) is 0 Å². The maximum atomic E-state index is 4.84. The third-order valence-corrected chi connectivity index (χ3v) is 6.63. The summed E-state index contributed by atoms with van der Waals surface area (Å²) in [5, 5.41) is 2.56. The van der Waals surface area contributed by atoms with Gasteiger partial charge in [0.1, 0.15) is 5.82 Å². The van der Waals surface area contributed by atoms with Crippen LogP contribution in [0.1, 0.15) is 5.82 Å². The van der Waals surface area contributed by atoms with Crippen molar-refractivity contribution >= 4 is 31.5 Å². The molecule has 0 amide bonds. The second-order valence-corrected chi connectivity index (χ2v) is 8.75. The number of thiophene rings is 1. The summed E-state index contributed by atoms with van der Waals surface area (Å²) in [6.45, 7) is 1.91. The standard InChI is InChI=1S/C27H18N4S/c1-17-29-26(19-7-4-6-18(14-19)21-8-5-13-28-16-21)31-27(30-17)20-11-12-23-22-9-2-3-10-24(22)32-25(23)15-20/h2-16H,1H3. The SMILES string of the molecule is Cc1nc(-c2cccc(-c3cccnc3)c2)nc(-c2ccc3c(c2)sc2ccccc23)n1. The van der Waals surface area contributed by atoms with Crippen LogP contribution in [-0.4, -0.2) is 19.9 Å².